The number of amides is 1. The molecule has 0 radical (unpaired) electrons. The van der Waals surface area contributed by atoms with Crippen LogP contribution in [0.5, 0.6) is 5.75 Å². The first kappa shape index (κ1) is 12.8. The largest absolute Gasteiger partial charge is 0.429 e. The number of nitrogens with one attached hydrogen (secondary N) is 1. The Balaban J connectivity index is 2.21. The van der Waals surface area contributed by atoms with Crippen LogP contribution in [0.2, 0.25) is 0 Å². The quantitative estimate of drug-likeness (QED) is 0.675. The molecule has 1 N–H and O–H groups in total. The van der Waals surface area contributed by atoms with Crippen molar-refractivity contribution in [3.05, 3.63) is 41.8 Å². The van der Waals surface area contributed by atoms with Crippen LogP contribution in [0.3, 0.4) is 0 Å². The Morgan fingerprint density at radius 3 is 2.68 bits per heavy atom. The van der Waals surface area contributed by atoms with Gasteiger partial charge in [0, 0.05) is 6.92 Å². The van der Waals surface area contributed by atoms with Gasteiger partial charge in [0.15, 0.2) is 0 Å². The summed E-state index contributed by atoms with van der Waals surface area (Å²) in [6.45, 7) is 2.99. The molecule has 0 spiro atoms. The van der Waals surface area contributed by atoms with Gasteiger partial charge in [-0.2, -0.15) is 0 Å². The molecule has 0 bridgehead atoms. The molecule has 1 amide bonds. The fourth-order valence-electron chi connectivity index (χ4n) is 1.48. The normalized spacial score (nSPS) is 10.0. The number of anilines is 1. The van der Waals surface area contributed by atoms with E-state index in [1.807, 2.05) is 0 Å². The zero-order chi connectivity index (χ0) is 13.8. The van der Waals surface area contributed by atoms with E-state index in [-0.39, 0.29) is 17.3 Å². The number of rotatable bonds is 3. The lowest BCUT2D eigenvalue weighted by Gasteiger charge is -2.07. The maximum atomic E-state index is 12.0. The molecule has 0 aliphatic heterocycles. The number of hydrogen-bond acceptors (Lipinski definition) is 5. The Hall–Kier alpha value is -2.63. The average molecular weight is 260 g/mol. The summed E-state index contributed by atoms with van der Waals surface area (Å²) < 4.78 is 10.1. The molecule has 1 aromatic heterocycles. The van der Waals surface area contributed by atoms with Gasteiger partial charge in [-0.05, 0) is 19.1 Å². The summed E-state index contributed by atoms with van der Waals surface area (Å²) in [5.74, 6) is -0.176. The first-order valence-electron chi connectivity index (χ1n) is 5.57. The lowest BCUT2D eigenvalue weighted by Crippen LogP contribution is -2.15. The van der Waals surface area contributed by atoms with E-state index in [0.29, 0.717) is 5.76 Å². The minimum absolute atomic E-state index is 0.0973. The van der Waals surface area contributed by atoms with Crippen LogP contribution in [0.15, 0.2) is 34.9 Å². The molecule has 2 aromatic rings. The van der Waals surface area contributed by atoms with Crippen LogP contribution < -0.4 is 10.1 Å². The number of aromatic nitrogens is 1. The van der Waals surface area contributed by atoms with Gasteiger partial charge in [0.1, 0.15) is 11.5 Å². The Morgan fingerprint density at radius 1 is 1.32 bits per heavy atom. The van der Waals surface area contributed by atoms with Gasteiger partial charge in [-0.25, -0.2) is 4.98 Å². The van der Waals surface area contributed by atoms with E-state index in [4.69, 9.17) is 9.15 Å². The first-order chi connectivity index (χ1) is 9.06. The van der Waals surface area contributed by atoms with Crippen molar-refractivity contribution in [2.75, 3.05) is 5.32 Å². The van der Waals surface area contributed by atoms with Crippen LogP contribution in [0.4, 0.5) is 6.01 Å². The second kappa shape index (κ2) is 5.34. The van der Waals surface area contributed by atoms with Crippen molar-refractivity contribution in [1.29, 1.82) is 0 Å². The van der Waals surface area contributed by atoms with Crippen molar-refractivity contribution in [1.82, 2.24) is 4.98 Å². The highest BCUT2D eigenvalue weighted by molar-refractivity contribution is 6.05. The molecule has 0 atom stereocenters. The van der Waals surface area contributed by atoms with Crippen LogP contribution in [-0.2, 0) is 4.79 Å². The molecule has 0 aliphatic rings. The van der Waals surface area contributed by atoms with Crippen molar-refractivity contribution >= 4 is 17.9 Å². The molecule has 0 aliphatic carbocycles. The second-order valence-electron chi connectivity index (χ2n) is 3.82. The molecule has 1 aromatic carbocycles. The predicted molar refractivity (Wildman–Crippen MR) is 66.9 cm³/mol. The zero-order valence-electron chi connectivity index (χ0n) is 10.5. The lowest BCUT2D eigenvalue weighted by atomic mass is 10.2. The molecule has 0 unspecified atom stereocenters. The van der Waals surface area contributed by atoms with Crippen molar-refractivity contribution in [2.24, 2.45) is 0 Å². The highest BCUT2D eigenvalue weighted by Gasteiger charge is 2.15. The minimum Gasteiger partial charge on any atom is -0.429 e. The van der Waals surface area contributed by atoms with Gasteiger partial charge in [-0.3, -0.25) is 14.9 Å². The van der Waals surface area contributed by atoms with Crippen LogP contribution in [0.1, 0.15) is 23.0 Å². The summed E-state index contributed by atoms with van der Waals surface area (Å²) in [5, 5.41) is 2.48. The van der Waals surface area contributed by atoms with E-state index in [2.05, 4.69) is 10.3 Å². The van der Waals surface area contributed by atoms with Crippen LogP contribution >= 0.6 is 0 Å². The number of hydrogen-bond donors (Lipinski definition) is 1. The van der Waals surface area contributed by atoms with E-state index < -0.39 is 11.9 Å². The number of carbonyl (C=O) groups excluding carboxylic acids is 2. The third-order valence-corrected chi connectivity index (χ3v) is 2.23. The number of para-hydroxylation sites is 1. The van der Waals surface area contributed by atoms with Crippen molar-refractivity contribution in [3.8, 4) is 5.75 Å². The molecule has 0 saturated heterocycles. The van der Waals surface area contributed by atoms with Gasteiger partial charge in [0.25, 0.3) is 5.91 Å². The summed E-state index contributed by atoms with van der Waals surface area (Å²) in [5.41, 5.74) is 0.230. The molecule has 98 valence electrons. The first-order valence-corrected chi connectivity index (χ1v) is 5.57. The van der Waals surface area contributed by atoms with Crippen molar-refractivity contribution in [3.63, 3.8) is 0 Å². The smallest absolute Gasteiger partial charge is 0.308 e. The number of oxazole rings is 1. The fraction of sp³-hybridized carbons (Fsp3) is 0.154. The molecule has 0 fully saturated rings. The monoisotopic (exact) mass is 260 g/mol. The van der Waals surface area contributed by atoms with Gasteiger partial charge >= 0.3 is 12.0 Å². The number of ether oxygens (including phenoxy) is 1. The fourth-order valence-corrected chi connectivity index (χ4v) is 1.48. The summed E-state index contributed by atoms with van der Waals surface area (Å²) in [6.07, 6.45) is 1.49. The summed E-state index contributed by atoms with van der Waals surface area (Å²) >= 11 is 0. The van der Waals surface area contributed by atoms with E-state index >= 15 is 0 Å². The molecule has 6 heteroatoms. The van der Waals surface area contributed by atoms with Gasteiger partial charge in [0.05, 0.1) is 11.8 Å². The Morgan fingerprint density at radius 2 is 2.05 bits per heavy atom. The Bertz CT molecular complexity index is 619. The summed E-state index contributed by atoms with van der Waals surface area (Å²) in [4.78, 5) is 26.9. The van der Waals surface area contributed by atoms with Gasteiger partial charge < -0.3 is 9.15 Å². The van der Waals surface area contributed by atoms with E-state index in [9.17, 15) is 9.59 Å². The van der Waals surface area contributed by atoms with E-state index in [1.54, 1.807) is 25.1 Å². The third-order valence-electron chi connectivity index (χ3n) is 2.23. The van der Waals surface area contributed by atoms with Crippen molar-refractivity contribution in [2.45, 2.75) is 13.8 Å². The number of benzene rings is 1. The molecular formula is C13H12N2O4. The number of carbonyl (C=O) groups is 2. The van der Waals surface area contributed by atoms with Gasteiger partial charge in [-0.15, -0.1) is 0 Å². The Labute approximate surface area is 109 Å². The van der Waals surface area contributed by atoms with E-state index in [1.165, 1.54) is 19.2 Å². The third kappa shape index (κ3) is 3.19. The Kier molecular flexibility index (Phi) is 3.61. The van der Waals surface area contributed by atoms with Crippen LogP contribution in [-0.4, -0.2) is 16.9 Å². The topological polar surface area (TPSA) is 81.4 Å². The standard InChI is InChI=1S/C13H12N2O4/c1-8-7-14-13(18-8)15-12(17)10-5-3-4-6-11(10)19-9(2)16/h3-7H,1-2H3,(H,14,15,17). The van der Waals surface area contributed by atoms with E-state index in [0.717, 1.165) is 0 Å². The maximum Gasteiger partial charge on any atom is 0.308 e. The minimum atomic E-state index is -0.493. The van der Waals surface area contributed by atoms with Gasteiger partial charge in [-0.1, -0.05) is 12.1 Å². The number of esters is 1. The molecule has 6 nitrogen and oxygen atoms in total. The van der Waals surface area contributed by atoms with Crippen LogP contribution in [0.25, 0.3) is 0 Å². The highest BCUT2D eigenvalue weighted by Crippen LogP contribution is 2.19. The zero-order valence-corrected chi connectivity index (χ0v) is 10.5. The highest BCUT2D eigenvalue weighted by atomic mass is 16.5. The molecule has 19 heavy (non-hydrogen) atoms. The molecular weight excluding hydrogens is 248 g/mol. The molecule has 2 rings (SSSR count). The average Bonchev–Trinajstić information content (AvgIpc) is 2.74. The second-order valence-corrected chi connectivity index (χ2v) is 3.82. The number of aryl methyl sites for hydroxylation is 1. The number of nitrogens with zero attached hydrogens (tertiary/aromatic N) is 1. The predicted octanol–water partition coefficient (Wildman–Crippen LogP) is 2.16. The van der Waals surface area contributed by atoms with Crippen LogP contribution in [0, 0.1) is 6.92 Å². The SMILES string of the molecule is CC(=O)Oc1ccccc1C(=O)Nc1ncc(C)o1. The maximum absolute atomic E-state index is 12.0. The molecule has 1 heterocycles. The molecule has 0 saturated carbocycles. The van der Waals surface area contributed by atoms with Crippen molar-refractivity contribution < 1.29 is 18.7 Å². The summed E-state index contributed by atoms with van der Waals surface area (Å²) in [7, 11) is 0. The lowest BCUT2D eigenvalue weighted by molar-refractivity contribution is -0.131. The summed E-state index contributed by atoms with van der Waals surface area (Å²) in [6, 6.07) is 6.52. The van der Waals surface area contributed by atoms with Gasteiger partial charge in [0.2, 0.25) is 0 Å².